The van der Waals surface area contributed by atoms with Crippen LogP contribution in [0.4, 0.5) is 18.9 Å². The third-order valence-corrected chi connectivity index (χ3v) is 3.31. The molecule has 2 nitrogen and oxygen atoms in total. The first-order valence-corrected chi connectivity index (χ1v) is 6.66. The van der Waals surface area contributed by atoms with Crippen LogP contribution < -0.4 is 4.90 Å². The average molecular weight is 287 g/mol. The van der Waals surface area contributed by atoms with Crippen LogP contribution in [0.3, 0.4) is 0 Å². The van der Waals surface area contributed by atoms with Crippen LogP contribution in [0.25, 0.3) is 0 Å². The third-order valence-electron chi connectivity index (χ3n) is 3.31. The van der Waals surface area contributed by atoms with Crippen molar-refractivity contribution in [2.75, 3.05) is 18.5 Å². The van der Waals surface area contributed by atoms with E-state index in [-0.39, 0.29) is 11.3 Å². The lowest BCUT2D eigenvalue weighted by Gasteiger charge is -2.21. The number of rotatable bonds is 6. The quantitative estimate of drug-likeness (QED) is 0.781. The highest BCUT2D eigenvalue weighted by molar-refractivity contribution is 5.77. The highest BCUT2D eigenvalue weighted by Crippen LogP contribution is 2.34. The number of anilines is 1. The van der Waals surface area contributed by atoms with Crippen molar-refractivity contribution < 1.29 is 18.0 Å². The molecule has 0 aromatic heterocycles. The van der Waals surface area contributed by atoms with Gasteiger partial charge in [-0.25, -0.2) is 0 Å². The summed E-state index contributed by atoms with van der Waals surface area (Å²) >= 11 is 0. The van der Waals surface area contributed by atoms with Crippen LogP contribution in [0.15, 0.2) is 18.2 Å². The molecule has 1 aromatic rings. The van der Waals surface area contributed by atoms with Crippen LogP contribution in [0, 0.1) is 6.92 Å². The zero-order valence-corrected chi connectivity index (χ0v) is 12.0. The molecular formula is C15H20F3NO. The van der Waals surface area contributed by atoms with Crippen molar-refractivity contribution in [2.24, 2.45) is 0 Å². The van der Waals surface area contributed by atoms with E-state index >= 15 is 0 Å². The number of alkyl halides is 3. The van der Waals surface area contributed by atoms with Crippen LogP contribution in [-0.4, -0.2) is 19.4 Å². The number of ketones is 1. The van der Waals surface area contributed by atoms with Gasteiger partial charge >= 0.3 is 6.18 Å². The molecule has 0 amide bonds. The smallest absolute Gasteiger partial charge is 0.375 e. The van der Waals surface area contributed by atoms with Gasteiger partial charge in [0.05, 0.1) is 5.56 Å². The first kappa shape index (κ1) is 16.5. The molecule has 20 heavy (non-hydrogen) atoms. The molecule has 5 heteroatoms. The highest BCUT2D eigenvalue weighted by Gasteiger charge is 2.32. The summed E-state index contributed by atoms with van der Waals surface area (Å²) in [4.78, 5) is 12.9. The monoisotopic (exact) mass is 287 g/mol. The maximum absolute atomic E-state index is 12.8. The fourth-order valence-electron chi connectivity index (χ4n) is 1.97. The molecule has 0 spiro atoms. The topological polar surface area (TPSA) is 20.3 Å². The standard InChI is InChI=1S/C15H20F3NO/c1-4-13(20)6-5-9-19(3)12-8-7-11(2)14(10-12)15(16,17)18/h7-8,10H,4-6,9H2,1-3H3. The fraction of sp³-hybridized carbons (Fsp3) is 0.533. The molecule has 0 aliphatic rings. The van der Waals surface area contributed by atoms with E-state index in [2.05, 4.69) is 0 Å². The molecule has 0 saturated heterocycles. The minimum atomic E-state index is -4.33. The number of Topliss-reactive ketones (excluding diaryl/α,β-unsaturated/α-hetero) is 1. The maximum Gasteiger partial charge on any atom is 0.416 e. The van der Waals surface area contributed by atoms with Crippen LogP contribution in [0.5, 0.6) is 0 Å². The molecular weight excluding hydrogens is 267 g/mol. The van der Waals surface area contributed by atoms with Gasteiger partial charge < -0.3 is 4.90 Å². The van der Waals surface area contributed by atoms with E-state index in [0.29, 0.717) is 31.5 Å². The number of halogens is 3. The molecule has 0 aliphatic heterocycles. The van der Waals surface area contributed by atoms with Crippen molar-refractivity contribution >= 4 is 11.5 Å². The number of carbonyl (C=O) groups is 1. The number of nitrogens with zero attached hydrogens (tertiary/aromatic N) is 1. The summed E-state index contributed by atoms with van der Waals surface area (Å²) in [6.45, 7) is 3.82. The molecule has 0 radical (unpaired) electrons. The Morgan fingerprint density at radius 1 is 1.30 bits per heavy atom. The molecule has 0 fully saturated rings. The average Bonchev–Trinajstić information content (AvgIpc) is 2.37. The molecule has 0 bridgehead atoms. The third kappa shape index (κ3) is 4.54. The summed E-state index contributed by atoms with van der Waals surface area (Å²) in [7, 11) is 1.74. The SMILES string of the molecule is CCC(=O)CCCN(C)c1ccc(C)c(C(F)(F)F)c1. The molecule has 112 valence electrons. The predicted molar refractivity (Wildman–Crippen MR) is 74.0 cm³/mol. The summed E-state index contributed by atoms with van der Waals surface area (Å²) in [6.07, 6.45) is -2.71. The van der Waals surface area contributed by atoms with Gasteiger partial charge in [0.25, 0.3) is 0 Å². The van der Waals surface area contributed by atoms with E-state index in [4.69, 9.17) is 0 Å². The summed E-state index contributed by atoms with van der Waals surface area (Å²) in [5.41, 5.74) is 0.133. The van der Waals surface area contributed by atoms with Gasteiger partial charge in [-0.05, 0) is 31.0 Å². The Bertz CT molecular complexity index is 469. The number of aryl methyl sites for hydroxylation is 1. The van der Waals surface area contributed by atoms with E-state index in [1.165, 1.54) is 13.0 Å². The minimum Gasteiger partial charge on any atom is -0.375 e. The van der Waals surface area contributed by atoms with Crippen molar-refractivity contribution in [2.45, 2.75) is 39.3 Å². The largest absolute Gasteiger partial charge is 0.416 e. The number of benzene rings is 1. The molecule has 0 unspecified atom stereocenters. The van der Waals surface area contributed by atoms with Gasteiger partial charge in [-0.15, -0.1) is 0 Å². The zero-order chi connectivity index (χ0) is 15.3. The fourth-order valence-corrected chi connectivity index (χ4v) is 1.97. The van der Waals surface area contributed by atoms with Gasteiger partial charge in [0, 0.05) is 32.1 Å². The predicted octanol–water partition coefficient (Wildman–Crippen LogP) is 4.21. The molecule has 1 rings (SSSR count). The number of hydrogen-bond acceptors (Lipinski definition) is 2. The van der Waals surface area contributed by atoms with Crippen LogP contribution in [0.1, 0.15) is 37.3 Å². The Kier molecular flexibility index (Phi) is 5.60. The van der Waals surface area contributed by atoms with E-state index < -0.39 is 11.7 Å². The van der Waals surface area contributed by atoms with E-state index in [1.807, 2.05) is 6.92 Å². The Morgan fingerprint density at radius 3 is 2.50 bits per heavy atom. The Labute approximate surface area is 117 Å². The van der Waals surface area contributed by atoms with Gasteiger partial charge in [-0.2, -0.15) is 13.2 Å². The van der Waals surface area contributed by atoms with Gasteiger partial charge in [0.2, 0.25) is 0 Å². The molecule has 0 atom stereocenters. The second-order valence-electron chi connectivity index (χ2n) is 4.91. The minimum absolute atomic E-state index is 0.179. The summed E-state index contributed by atoms with van der Waals surface area (Å²) in [5, 5.41) is 0. The van der Waals surface area contributed by atoms with Crippen molar-refractivity contribution in [3.63, 3.8) is 0 Å². The van der Waals surface area contributed by atoms with Crippen LogP contribution >= 0.6 is 0 Å². The number of carbonyl (C=O) groups excluding carboxylic acids is 1. The molecule has 0 saturated carbocycles. The highest BCUT2D eigenvalue weighted by atomic mass is 19.4. The van der Waals surface area contributed by atoms with Crippen LogP contribution in [-0.2, 0) is 11.0 Å². The lowest BCUT2D eigenvalue weighted by molar-refractivity contribution is -0.138. The lowest BCUT2D eigenvalue weighted by Crippen LogP contribution is -2.20. The van der Waals surface area contributed by atoms with Gasteiger partial charge in [0.15, 0.2) is 0 Å². The van der Waals surface area contributed by atoms with Gasteiger partial charge in [-0.3, -0.25) is 4.79 Å². The van der Waals surface area contributed by atoms with Gasteiger partial charge in [-0.1, -0.05) is 13.0 Å². The lowest BCUT2D eigenvalue weighted by atomic mass is 10.1. The first-order chi connectivity index (χ1) is 9.25. The molecule has 1 aromatic carbocycles. The van der Waals surface area contributed by atoms with Crippen molar-refractivity contribution in [3.05, 3.63) is 29.3 Å². The molecule has 0 aliphatic carbocycles. The summed E-state index contributed by atoms with van der Waals surface area (Å²) in [6, 6.07) is 4.31. The van der Waals surface area contributed by atoms with Crippen molar-refractivity contribution in [3.8, 4) is 0 Å². The second-order valence-corrected chi connectivity index (χ2v) is 4.91. The van der Waals surface area contributed by atoms with E-state index in [0.717, 1.165) is 6.07 Å². The van der Waals surface area contributed by atoms with Crippen molar-refractivity contribution in [1.82, 2.24) is 0 Å². The zero-order valence-electron chi connectivity index (χ0n) is 12.0. The Morgan fingerprint density at radius 2 is 1.95 bits per heavy atom. The second kappa shape index (κ2) is 6.77. The van der Waals surface area contributed by atoms with Crippen LogP contribution in [0.2, 0.25) is 0 Å². The number of hydrogen-bond donors (Lipinski definition) is 0. The molecule has 0 N–H and O–H groups in total. The summed E-state index contributed by atoms with van der Waals surface area (Å²) < 4.78 is 38.5. The maximum atomic E-state index is 12.8. The van der Waals surface area contributed by atoms with E-state index in [9.17, 15) is 18.0 Å². The Balaban J connectivity index is 2.74. The summed E-state index contributed by atoms with van der Waals surface area (Å²) in [5.74, 6) is 0.179. The van der Waals surface area contributed by atoms with E-state index in [1.54, 1.807) is 18.0 Å². The first-order valence-electron chi connectivity index (χ1n) is 6.66. The molecule has 0 heterocycles. The normalized spacial score (nSPS) is 11.5. The van der Waals surface area contributed by atoms with Crippen molar-refractivity contribution in [1.29, 1.82) is 0 Å². The van der Waals surface area contributed by atoms with Gasteiger partial charge in [0.1, 0.15) is 5.78 Å². The Hall–Kier alpha value is -1.52.